The first-order valence-electron chi connectivity index (χ1n) is 10.6. The molecular formula is C25H28N4O4. The number of amides is 3. The molecule has 33 heavy (non-hydrogen) atoms. The Morgan fingerprint density at radius 1 is 1.00 bits per heavy atom. The van der Waals surface area contributed by atoms with Crippen molar-refractivity contribution in [3.63, 3.8) is 0 Å². The molecule has 1 heterocycles. The average Bonchev–Trinajstić information content (AvgIpc) is 2.84. The molecule has 0 aliphatic heterocycles. The number of benzene rings is 2. The topological polar surface area (TPSA) is 92.8 Å². The summed E-state index contributed by atoms with van der Waals surface area (Å²) >= 11 is 0. The fraction of sp³-hybridized carbons (Fsp3) is 0.240. The van der Waals surface area contributed by atoms with Crippen molar-refractivity contribution in [2.75, 3.05) is 26.0 Å². The number of hydrogen-bond donors (Lipinski definition) is 2. The quantitative estimate of drug-likeness (QED) is 0.492. The van der Waals surface area contributed by atoms with Crippen molar-refractivity contribution in [3.05, 3.63) is 84.2 Å². The largest absolute Gasteiger partial charge is 0.493 e. The van der Waals surface area contributed by atoms with E-state index in [1.54, 1.807) is 49.7 Å². The molecule has 1 aromatic heterocycles. The predicted molar refractivity (Wildman–Crippen MR) is 126 cm³/mol. The zero-order valence-corrected chi connectivity index (χ0v) is 18.8. The summed E-state index contributed by atoms with van der Waals surface area (Å²) < 4.78 is 11.2. The summed E-state index contributed by atoms with van der Waals surface area (Å²) in [6, 6.07) is 18.4. The summed E-state index contributed by atoms with van der Waals surface area (Å²) in [4.78, 5) is 30.2. The fourth-order valence-corrected chi connectivity index (χ4v) is 3.08. The van der Waals surface area contributed by atoms with Crippen LogP contribution >= 0.6 is 0 Å². The highest BCUT2D eigenvalue weighted by Crippen LogP contribution is 2.31. The number of aromatic nitrogens is 1. The van der Waals surface area contributed by atoms with E-state index in [4.69, 9.17) is 9.47 Å². The summed E-state index contributed by atoms with van der Waals surface area (Å²) in [7, 11) is 3.27. The van der Waals surface area contributed by atoms with Gasteiger partial charge in [0.05, 0.1) is 7.11 Å². The zero-order chi connectivity index (χ0) is 23.5. The van der Waals surface area contributed by atoms with Gasteiger partial charge in [0.2, 0.25) is 5.91 Å². The number of nitrogens with one attached hydrogen (secondary N) is 2. The summed E-state index contributed by atoms with van der Waals surface area (Å²) in [6.45, 7) is 1.04. The van der Waals surface area contributed by atoms with Gasteiger partial charge in [-0.15, -0.1) is 0 Å². The Labute approximate surface area is 193 Å². The zero-order valence-electron chi connectivity index (χ0n) is 18.8. The van der Waals surface area contributed by atoms with E-state index in [2.05, 4.69) is 15.6 Å². The molecule has 0 saturated carbocycles. The lowest BCUT2D eigenvalue weighted by Gasteiger charge is -2.18. The van der Waals surface area contributed by atoms with E-state index in [9.17, 15) is 9.59 Å². The second-order valence-corrected chi connectivity index (χ2v) is 7.39. The minimum absolute atomic E-state index is 0.142. The van der Waals surface area contributed by atoms with Gasteiger partial charge in [-0.05, 0) is 23.8 Å². The van der Waals surface area contributed by atoms with Crippen molar-refractivity contribution in [1.29, 1.82) is 0 Å². The second-order valence-electron chi connectivity index (χ2n) is 7.39. The highest BCUT2D eigenvalue weighted by atomic mass is 16.5. The first-order valence-corrected chi connectivity index (χ1v) is 10.6. The Bertz CT molecular complexity index is 1040. The number of pyridine rings is 1. The minimum atomic E-state index is -0.234. The number of anilines is 1. The maximum Gasteiger partial charge on any atom is 0.317 e. The molecule has 0 fully saturated rings. The van der Waals surface area contributed by atoms with Crippen molar-refractivity contribution in [2.45, 2.75) is 19.6 Å². The van der Waals surface area contributed by atoms with Gasteiger partial charge in [-0.2, -0.15) is 0 Å². The second kappa shape index (κ2) is 12.1. The van der Waals surface area contributed by atoms with Crippen LogP contribution < -0.4 is 20.1 Å². The van der Waals surface area contributed by atoms with Crippen molar-refractivity contribution >= 4 is 17.6 Å². The molecular weight excluding hydrogens is 420 g/mol. The lowest BCUT2D eigenvalue weighted by molar-refractivity contribution is -0.116. The van der Waals surface area contributed by atoms with Gasteiger partial charge in [-0.1, -0.05) is 36.4 Å². The number of rotatable bonds is 10. The SMILES string of the molecule is COc1ccc(NC(=O)CCNC(=O)N(C)Cc2ccccc2)cc1OCc1cccnc1. The number of urea groups is 1. The summed E-state index contributed by atoms with van der Waals surface area (Å²) in [5.41, 5.74) is 2.53. The molecule has 3 amide bonds. The lowest BCUT2D eigenvalue weighted by atomic mass is 10.2. The van der Waals surface area contributed by atoms with Gasteiger partial charge in [0.1, 0.15) is 6.61 Å². The first-order chi connectivity index (χ1) is 16.0. The van der Waals surface area contributed by atoms with Crippen LogP contribution in [0.4, 0.5) is 10.5 Å². The Hall–Kier alpha value is -4.07. The van der Waals surface area contributed by atoms with E-state index in [1.807, 2.05) is 42.5 Å². The number of carbonyl (C=O) groups is 2. The monoisotopic (exact) mass is 448 g/mol. The van der Waals surface area contributed by atoms with E-state index >= 15 is 0 Å². The Morgan fingerprint density at radius 2 is 1.79 bits per heavy atom. The third kappa shape index (κ3) is 7.53. The van der Waals surface area contributed by atoms with Crippen LogP contribution in [-0.4, -0.2) is 42.5 Å². The third-order valence-electron chi connectivity index (χ3n) is 4.80. The van der Waals surface area contributed by atoms with E-state index < -0.39 is 0 Å². The molecule has 0 spiro atoms. The predicted octanol–water partition coefficient (Wildman–Crippen LogP) is 3.84. The molecule has 0 radical (unpaired) electrons. The molecule has 8 heteroatoms. The molecule has 0 aliphatic rings. The van der Waals surface area contributed by atoms with Crippen LogP contribution in [0.25, 0.3) is 0 Å². The lowest BCUT2D eigenvalue weighted by Crippen LogP contribution is -2.38. The molecule has 0 bridgehead atoms. The van der Waals surface area contributed by atoms with Gasteiger partial charge in [0, 0.05) is 56.3 Å². The summed E-state index contributed by atoms with van der Waals surface area (Å²) in [5.74, 6) is 0.852. The highest BCUT2D eigenvalue weighted by molar-refractivity contribution is 5.91. The summed E-state index contributed by atoms with van der Waals surface area (Å²) in [6.07, 6.45) is 3.57. The standard InChI is InChI=1S/C25H28N4O4/c1-29(17-19-7-4-3-5-8-19)25(31)27-14-12-24(30)28-21-10-11-22(32-2)23(15-21)33-18-20-9-6-13-26-16-20/h3-11,13,15-16H,12,14,17-18H2,1-2H3,(H,27,31)(H,28,30). The molecule has 0 unspecified atom stereocenters. The van der Waals surface area contributed by atoms with Gasteiger partial charge in [-0.25, -0.2) is 4.79 Å². The van der Waals surface area contributed by atoms with E-state index in [0.29, 0.717) is 30.3 Å². The molecule has 3 rings (SSSR count). The van der Waals surface area contributed by atoms with Crippen molar-refractivity contribution in [2.24, 2.45) is 0 Å². The van der Waals surface area contributed by atoms with E-state index in [1.165, 1.54) is 0 Å². The van der Waals surface area contributed by atoms with Crippen LogP contribution in [0.3, 0.4) is 0 Å². The maximum atomic E-state index is 12.3. The van der Waals surface area contributed by atoms with Gasteiger partial charge < -0.3 is 25.0 Å². The van der Waals surface area contributed by atoms with Crippen molar-refractivity contribution < 1.29 is 19.1 Å². The highest BCUT2D eigenvalue weighted by Gasteiger charge is 2.11. The molecule has 172 valence electrons. The van der Waals surface area contributed by atoms with Crippen LogP contribution in [0.5, 0.6) is 11.5 Å². The number of nitrogens with zero attached hydrogens (tertiary/aromatic N) is 2. The molecule has 0 atom stereocenters. The van der Waals surface area contributed by atoms with Crippen LogP contribution in [0.1, 0.15) is 17.5 Å². The third-order valence-corrected chi connectivity index (χ3v) is 4.80. The van der Waals surface area contributed by atoms with Gasteiger partial charge in [0.25, 0.3) is 0 Å². The van der Waals surface area contributed by atoms with E-state index in [-0.39, 0.29) is 24.9 Å². The van der Waals surface area contributed by atoms with Crippen LogP contribution in [0.2, 0.25) is 0 Å². The number of ether oxygens (including phenoxy) is 2. The van der Waals surface area contributed by atoms with Crippen molar-refractivity contribution in [1.82, 2.24) is 15.2 Å². The van der Waals surface area contributed by atoms with Crippen LogP contribution in [0, 0.1) is 0 Å². The average molecular weight is 449 g/mol. The van der Waals surface area contributed by atoms with Crippen LogP contribution in [0.15, 0.2) is 73.1 Å². The Kier molecular flexibility index (Phi) is 8.64. The van der Waals surface area contributed by atoms with Gasteiger partial charge in [0.15, 0.2) is 11.5 Å². The van der Waals surface area contributed by atoms with Crippen molar-refractivity contribution in [3.8, 4) is 11.5 Å². The molecule has 0 aliphatic carbocycles. The van der Waals surface area contributed by atoms with Gasteiger partial charge in [-0.3, -0.25) is 9.78 Å². The smallest absolute Gasteiger partial charge is 0.317 e. The molecule has 2 aromatic carbocycles. The molecule has 8 nitrogen and oxygen atoms in total. The first kappa shape index (κ1) is 23.6. The normalized spacial score (nSPS) is 10.2. The maximum absolute atomic E-state index is 12.3. The number of hydrogen-bond acceptors (Lipinski definition) is 5. The van der Waals surface area contributed by atoms with Gasteiger partial charge >= 0.3 is 6.03 Å². The van der Waals surface area contributed by atoms with Crippen LogP contribution in [-0.2, 0) is 17.9 Å². The molecule has 2 N–H and O–H groups in total. The van der Waals surface area contributed by atoms with E-state index in [0.717, 1.165) is 11.1 Å². The summed E-state index contributed by atoms with van der Waals surface area (Å²) in [5, 5.41) is 5.59. The molecule has 3 aromatic rings. The number of carbonyl (C=O) groups excluding carboxylic acids is 2. The molecule has 0 saturated heterocycles. The Morgan fingerprint density at radius 3 is 2.52 bits per heavy atom. The fourth-order valence-electron chi connectivity index (χ4n) is 3.08. The minimum Gasteiger partial charge on any atom is -0.493 e. The number of methoxy groups -OCH3 is 1. The Balaban J connectivity index is 1.46.